The van der Waals surface area contributed by atoms with Crippen molar-refractivity contribution >= 4 is 65.2 Å². The molecule has 0 aliphatic carbocycles. The fourth-order valence-corrected chi connectivity index (χ4v) is 8.46. The number of hydrogen-bond acceptors (Lipinski definition) is 2. The smallest absolute Gasteiger partial charge is 0.143 e. The minimum Gasteiger partial charge on any atom is -0.456 e. The summed E-state index contributed by atoms with van der Waals surface area (Å²) in [6.45, 7) is 0. The Morgan fingerprint density at radius 2 is 0.788 bits per heavy atom. The van der Waals surface area contributed by atoms with Crippen LogP contribution in [0.4, 0.5) is 0 Å². The van der Waals surface area contributed by atoms with E-state index in [1.807, 2.05) is 6.07 Å². The van der Waals surface area contributed by atoms with Crippen molar-refractivity contribution in [1.29, 1.82) is 0 Å². The van der Waals surface area contributed by atoms with Crippen LogP contribution in [0, 0.1) is 0 Å². The van der Waals surface area contributed by atoms with Crippen LogP contribution in [0.1, 0.15) is 0 Å². The maximum absolute atomic E-state index is 6.81. The summed E-state index contributed by atoms with van der Waals surface area (Å²) in [6, 6.07) is 64.8. The molecule has 11 aromatic rings. The van der Waals surface area contributed by atoms with Crippen LogP contribution < -0.4 is 0 Å². The maximum atomic E-state index is 6.81. The van der Waals surface area contributed by atoms with Gasteiger partial charge >= 0.3 is 0 Å². The van der Waals surface area contributed by atoms with Crippen LogP contribution in [0.5, 0.6) is 0 Å². The fourth-order valence-electron chi connectivity index (χ4n) is 8.46. The molecule has 0 aliphatic heterocycles. The topological polar surface area (TPSA) is 26.3 Å². The summed E-state index contributed by atoms with van der Waals surface area (Å²) in [7, 11) is 0. The normalized spacial score (nSPS) is 11.8. The highest BCUT2D eigenvalue weighted by atomic mass is 16.3. The molecule has 2 aromatic heterocycles. The van der Waals surface area contributed by atoms with Gasteiger partial charge in [-0.05, 0) is 78.3 Å². The fraction of sp³-hybridized carbons (Fsp3) is 0. The van der Waals surface area contributed by atoms with Crippen molar-refractivity contribution in [3.8, 4) is 44.7 Å². The van der Waals surface area contributed by atoms with Gasteiger partial charge in [0.25, 0.3) is 0 Å². The van der Waals surface area contributed by atoms with E-state index in [1.54, 1.807) is 0 Å². The van der Waals surface area contributed by atoms with Crippen LogP contribution in [-0.4, -0.2) is 0 Å². The van der Waals surface area contributed by atoms with Crippen LogP contribution >= 0.6 is 0 Å². The molecule has 0 radical (unpaired) electrons. The molecule has 0 atom stereocenters. The van der Waals surface area contributed by atoms with Gasteiger partial charge in [0.15, 0.2) is 0 Å². The van der Waals surface area contributed by atoms with Crippen molar-refractivity contribution in [2.75, 3.05) is 0 Å². The molecule has 0 fully saturated rings. The van der Waals surface area contributed by atoms with Crippen LogP contribution in [0.25, 0.3) is 110 Å². The average Bonchev–Trinajstić information content (AvgIpc) is 3.77. The number of rotatable bonds is 4. The Labute approximate surface area is 299 Å². The maximum Gasteiger partial charge on any atom is 0.143 e. The number of hydrogen-bond donors (Lipinski definition) is 0. The Balaban J connectivity index is 1.23. The van der Waals surface area contributed by atoms with Crippen molar-refractivity contribution in [2.24, 2.45) is 0 Å². The van der Waals surface area contributed by atoms with E-state index < -0.39 is 0 Å². The molecule has 0 saturated carbocycles. The van der Waals surface area contributed by atoms with Gasteiger partial charge in [0.1, 0.15) is 22.5 Å². The lowest BCUT2D eigenvalue weighted by atomic mass is 9.84. The van der Waals surface area contributed by atoms with Crippen LogP contribution in [0.15, 0.2) is 191 Å². The average molecular weight is 663 g/mol. The predicted octanol–water partition coefficient (Wildman–Crippen LogP) is 14.5. The second-order valence-electron chi connectivity index (χ2n) is 13.5. The summed E-state index contributed by atoms with van der Waals surface area (Å²) in [5.41, 5.74) is 10.6. The lowest BCUT2D eigenvalue weighted by Crippen LogP contribution is -1.92. The molecule has 242 valence electrons. The molecule has 2 nitrogen and oxygen atoms in total. The minimum absolute atomic E-state index is 0.837. The third-order valence-electron chi connectivity index (χ3n) is 10.7. The molecule has 9 aromatic carbocycles. The van der Waals surface area contributed by atoms with Crippen molar-refractivity contribution in [1.82, 2.24) is 0 Å². The molecule has 0 bridgehead atoms. The van der Waals surface area contributed by atoms with E-state index in [9.17, 15) is 0 Å². The lowest BCUT2D eigenvalue weighted by molar-refractivity contribution is 0.632. The second kappa shape index (κ2) is 11.3. The lowest BCUT2D eigenvalue weighted by Gasteiger charge is -2.19. The van der Waals surface area contributed by atoms with Crippen LogP contribution in [0.3, 0.4) is 0 Å². The minimum atomic E-state index is 0.837. The predicted molar refractivity (Wildman–Crippen MR) is 218 cm³/mol. The van der Waals surface area contributed by atoms with E-state index in [0.29, 0.717) is 0 Å². The Bertz CT molecular complexity index is 3100. The highest BCUT2D eigenvalue weighted by Gasteiger charge is 2.23. The summed E-state index contributed by atoms with van der Waals surface area (Å²) in [6.07, 6.45) is 0. The van der Waals surface area contributed by atoms with Gasteiger partial charge in [0, 0.05) is 27.3 Å². The molecule has 0 amide bonds. The third-order valence-corrected chi connectivity index (χ3v) is 10.7. The standard InChI is InChI=1S/C50H30O2/c1-3-16-32(17-4-1)46-41-29-44-42(30-45(41)52-50(46)33-18-5-2-6-19-33)49-40(27-14-28-43(49)51-44)48-38-24-11-9-22-36(38)47(37-23-10-12-25-39(37)48)35-26-13-20-31-15-7-8-21-34(31)35/h1-30H. The summed E-state index contributed by atoms with van der Waals surface area (Å²) in [5.74, 6) is 0.861. The van der Waals surface area contributed by atoms with Crippen molar-refractivity contribution in [2.45, 2.75) is 0 Å². The molecule has 0 unspecified atom stereocenters. The second-order valence-corrected chi connectivity index (χ2v) is 13.5. The van der Waals surface area contributed by atoms with Gasteiger partial charge in [-0.1, -0.05) is 164 Å². The first-order valence-corrected chi connectivity index (χ1v) is 17.8. The van der Waals surface area contributed by atoms with Crippen LogP contribution in [-0.2, 0) is 0 Å². The molecular weight excluding hydrogens is 633 g/mol. The van der Waals surface area contributed by atoms with E-state index in [0.717, 1.165) is 60.9 Å². The zero-order valence-corrected chi connectivity index (χ0v) is 28.1. The van der Waals surface area contributed by atoms with Crippen molar-refractivity contribution in [3.63, 3.8) is 0 Å². The van der Waals surface area contributed by atoms with Gasteiger partial charge < -0.3 is 8.83 Å². The van der Waals surface area contributed by atoms with Gasteiger partial charge in [0.2, 0.25) is 0 Å². The monoisotopic (exact) mass is 662 g/mol. The quantitative estimate of drug-likeness (QED) is 0.175. The largest absolute Gasteiger partial charge is 0.456 e. The summed E-state index contributed by atoms with van der Waals surface area (Å²) < 4.78 is 13.6. The molecule has 0 N–H and O–H groups in total. The molecule has 0 aliphatic rings. The van der Waals surface area contributed by atoms with Gasteiger partial charge in [-0.3, -0.25) is 0 Å². The van der Waals surface area contributed by atoms with Gasteiger partial charge in [-0.15, -0.1) is 0 Å². The Morgan fingerprint density at radius 1 is 0.288 bits per heavy atom. The Hall–Kier alpha value is -6.90. The van der Waals surface area contributed by atoms with Crippen LogP contribution in [0.2, 0.25) is 0 Å². The highest BCUT2D eigenvalue weighted by molar-refractivity contribution is 6.27. The number of benzene rings is 9. The van der Waals surface area contributed by atoms with E-state index in [2.05, 4.69) is 176 Å². The van der Waals surface area contributed by atoms with Crippen molar-refractivity contribution < 1.29 is 8.83 Å². The van der Waals surface area contributed by atoms with E-state index >= 15 is 0 Å². The zero-order chi connectivity index (χ0) is 34.2. The SMILES string of the molecule is c1ccc(-c2oc3cc4c(cc3c2-c2ccccc2)oc2cccc(-c3c5ccccc5c(-c5cccc6ccccc56)c5ccccc35)c24)cc1. The third kappa shape index (κ3) is 4.25. The first-order valence-electron chi connectivity index (χ1n) is 17.8. The molecule has 11 rings (SSSR count). The first-order chi connectivity index (χ1) is 25.8. The Kier molecular flexibility index (Phi) is 6.28. The van der Waals surface area contributed by atoms with Crippen molar-refractivity contribution in [3.05, 3.63) is 182 Å². The van der Waals surface area contributed by atoms with E-state index in [1.165, 1.54) is 49.0 Å². The number of fused-ring (bicyclic) bond motifs is 7. The first kappa shape index (κ1) is 28.9. The molecule has 0 spiro atoms. The molecule has 2 heteroatoms. The molecular formula is C50H30O2. The van der Waals surface area contributed by atoms with E-state index in [4.69, 9.17) is 8.83 Å². The summed E-state index contributed by atoms with van der Waals surface area (Å²) >= 11 is 0. The highest BCUT2D eigenvalue weighted by Crippen LogP contribution is 2.49. The van der Waals surface area contributed by atoms with Gasteiger partial charge in [-0.2, -0.15) is 0 Å². The van der Waals surface area contributed by atoms with Gasteiger partial charge in [0.05, 0.1) is 0 Å². The van der Waals surface area contributed by atoms with E-state index in [-0.39, 0.29) is 0 Å². The number of furan rings is 2. The molecule has 0 saturated heterocycles. The van der Waals surface area contributed by atoms with Gasteiger partial charge in [-0.25, -0.2) is 0 Å². The zero-order valence-electron chi connectivity index (χ0n) is 28.1. The Morgan fingerprint density at radius 3 is 1.48 bits per heavy atom. The molecule has 52 heavy (non-hydrogen) atoms. The molecule has 2 heterocycles. The summed E-state index contributed by atoms with van der Waals surface area (Å²) in [5, 5.41) is 10.5. The summed E-state index contributed by atoms with van der Waals surface area (Å²) in [4.78, 5) is 0.